The van der Waals surface area contributed by atoms with Crippen molar-refractivity contribution in [3.8, 4) is 17.2 Å². The molecular weight excluding hydrogens is 420 g/mol. The van der Waals surface area contributed by atoms with Crippen LogP contribution < -0.4 is 19.5 Å². The summed E-state index contributed by atoms with van der Waals surface area (Å²) in [5.41, 5.74) is 4.99. The van der Waals surface area contributed by atoms with Crippen LogP contribution in [0.5, 0.6) is 17.2 Å². The van der Waals surface area contributed by atoms with Gasteiger partial charge in [0.25, 0.3) is 5.91 Å². The number of hydrogen-bond acceptors (Lipinski definition) is 6. The van der Waals surface area contributed by atoms with E-state index < -0.39 is 0 Å². The molecule has 0 radical (unpaired) electrons. The van der Waals surface area contributed by atoms with Gasteiger partial charge in [-0.05, 0) is 53.9 Å². The van der Waals surface area contributed by atoms with Crippen molar-refractivity contribution in [2.24, 2.45) is 0 Å². The zero-order chi connectivity index (χ0) is 23.4. The minimum absolute atomic E-state index is 0.285. The number of rotatable bonds is 8. The highest BCUT2D eigenvalue weighted by Gasteiger charge is 2.17. The van der Waals surface area contributed by atoms with Crippen molar-refractivity contribution in [3.63, 3.8) is 0 Å². The Morgan fingerprint density at radius 1 is 0.909 bits per heavy atom. The first-order chi connectivity index (χ1) is 16.0. The van der Waals surface area contributed by atoms with Crippen LogP contribution in [0.25, 0.3) is 11.1 Å². The molecular formula is C26H26N2O5. The summed E-state index contributed by atoms with van der Waals surface area (Å²) in [5, 5.41) is 2.89. The minimum Gasteiger partial charge on any atom is -0.493 e. The molecule has 7 heteroatoms. The maximum Gasteiger partial charge on any atom is 0.255 e. The summed E-state index contributed by atoms with van der Waals surface area (Å²) in [5.74, 6) is 1.65. The number of carbonyl (C=O) groups is 1. The number of hydrogen-bond donors (Lipinski definition) is 1. The third-order valence-corrected chi connectivity index (χ3v) is 5.40. The van der Waals surface area contributed by atoms with Crippen LogP contribution >= 0.6 is 0 Å². The summed E-state index contributed by atoms with van der Waals surface area (Å²) in [6.45, 7) is 2.12. The lowest BCUT2D eigenvalue weighted by molar-refractivity contribution is 0.102. The molecule has 170 valence electrons. The third kappa shape index (κ3) is 4.77. The average molecular weight is 447 g/mol. The smallest absolute Gasteiger partial charge is 0.255 e. The molecule has 7 nitrogen and oxygen atoms in total. The summed E-state index contributed by atoms with van der Waals surface area (Å²) < 4.78 is 21.8. The van der Waals surface area contributed by atoms with Crippen LogP contribution in [0.1, 0.15) is 34.3 Å². The van der Waals surface area contributed by atoms with E-state index in [1.807, 2.05) is 30.3 Å². The van der Waals surface area contributed by atoms with Gasteiger partial charge in [-0.15, -0.1) is 0 Å². The SMILES string of the molecule is CCc1ccc2oc(Cc3ccc(NC(=O)c4cc(OC)c(OC)c(OC)c4)cc3)nc2c1. The normalized spacial score (nSPS) is 10.8. The first kappa shape index (κ1) is 22.2. The number of aromatic nitrogens is 1. The van der Waals surface area contributed by atoms with Crippen molar-refractivity contribution in [3.05, 3.63) is 77.2 Å². The molecule has 0 saturated carbocycles. The van der Waals surface area contributed by atoms with Gasteiger partial charge >= 0.3 is 0 Å². The Morgan fingerprint density at radius 2 is 1.58 bits per heavy atom. The molecule has 4 rings (SSSR count). The van der Waals surface area contributed by atoms with Crippen molar-refractivity contribution in [1.82, 2.24) is 4.98 Å². The van der Waals surface area contributed by atoms with Gasteiger partial charge in [-0.1, -0.05) is 25.1 Å². The molecule has 1 heterocycles. The third-order valence-electron chi connectivity index (χ3n) is 5.40. The van der Waals surface area contributed by atoms with Gasteiger partial charge in [0.2, 0.25) is 5.75 Å². The van der Waals surface area contributed by atoms with Gasteiger partial charge in [-0.25, -0.2) is 4.98 Å². The second kappa shape index (κ2) is 9.65. The maximum absolute atomic E-state index is 12.8. The predicted molar refractivity (Wildman–Crippen MR) is 127 cm³/mol. The zero-order valence-corrected chi connectivity index (χ0v) is 19.1. The molecule has 1 N–H and O–H groups in total. The van der Waals surface area contributed by atoms with Crippen LogP contribution in [-0.4, -0.2) is 32.2 Å². The van der Waals surface area contributed by atoms with Crippen molar-refractivity contribution in [1.29, 1.82) is 0 Å². The summed E-state index contributed by atoms with van der Waals surface area (Å²) in [7, 11) is 4.54. The number of benzene rings is 3. The molecule has 0 bridgehead atoms. The molecule has 0 aliphatic heterocycles. The lowest BCUT2D eigenvalue weighted by Gasteiger charge is -2.14. The molecule has 33 heavy (non-hydrogen) atoms. The monoisotopic (exact) mass is 446 g/mol. The van der Waals surface area contributed by atoms with Crippen LogP contribution in [-0.2, 0) is 12.8 Å². The number of aryl methyl sites for hydroxylation is 1. The van der Waals surface area contributed by atoms with Crippen LogP contribution in [0.15, 0.2) is 59.0 Å². The zero-order valence-electron chi connectivity index (χ0n) is 19.1. The fourth-order valence-electron chi connectivity index (χ4n) is 3.61. The number of amides is 1. The van der Waals surface area contributed by atoms with Crippen LogP contribution in [0, 0.1) is 0 Å². The van der Waals surface area contributed by atoms with Crippen LogP contribution in [0.3, 0.4) is 0 Å². The first-order valence-corrected chi connectivity index (χ1v) is 10.6. The van der Waals surface area contributed by atoms with E-state index in [1.54, 1.807) is 12.1 Å². The Hall–Kier alpha value is -4.00. The van der Waals surface area contributed by atoms with Gasteiger partial charge in [0.05, 0.1) is 21.3 Å². The Bertz CT molecular complexity index is 1250. The molecule has 0 unspecified atom stereocenters. The largest absolute Gasteiger partial charge is 0.493 e. The van der Waals surface area contributed by atoms with E-state index in [1.165, 1.54) is 26.9 Å². The highest BCUT2D eigenvalue weighted by molar-refractivity contribution is 6.05. The highest BCUT2D eigenvalue weighted by atomic mass is 16.5. The lowest BCUT2D eigenvalue weighted by Crippen LogP contribution is -2.12. The predicted octanol–water partition coefficient (Wildman–Crippen LogP) is 5.26. The summed E-state index contributed by atoms with van der Waals surface area (Å²) in [4.78, 5) is 17.4. The number of carbonyl (C=O) groups excluding carboxylic acids is 1. The molecule has 0 aliphatic carbocycles. The van der Waals surface area contributed by atoms with E-state index in [0.717, 1.165) is 23.1 Å². The molecule has 1 amide bonds. The van der Waals surface area contributed by atoms with E-state index in [2.05, 4.69) is 29.4 Å². The van der Waals surface area contributed by atoms with E-state index in [-0.39, 0.29) is 5.91 Å². The van der Waals surface area contributed by atoms with Gasteiger partial charge in [-0.3, -0.25) is 4.79 Å². The molecule has 1 aromatic heterocycles. The molecule has 4 aromatic rings. The van der Waals surface area contributed by atoms with E-state index in [0.29, 0.717) is 40.8 Å². The molecule has 0 saturated heterocycles. The number of nitrogens with one attached hydrogen (secondary N) is 1. The number of ether oxygens (including phenoxy) is 3. The first-order valence-electron chi connectivity index (χ1n) is 10.6. The maximum atomic E-state index is 12.8. The number of nitrogens with zero attached hydrogens (tertiary/aromatic N) is 1. The van der Waals surface area contributed by atoms with Gasteiger partial charge in [-0.2, -0.15) is 0 Å². The highest BCUT2D eigenvalue weighted by Crippen LogP contribution is 2.38. The molecule has 0 aliphatic rings. The van der Waals surface area contributed by atoms with Crippen molar-refractivity contribution >= 4 is 22.7 Å². The Labute approximate surface area is 192 Å². The standard InChI is InChI=1S/C26H26N2O5/c1-5-16-8-11-21-20(12-16)28-24(33-21)13-17-6-9-19(10-7-17)27-26(29)18-14-22(30-2)25(32-4)23(15-18)31-3/h6-12,14-15H,5,13H2,1-4H3,(H,27,29). The van der Waals surface area contributed by atoms with E-state index >= 15 is 0 Å². The van der Waals surface area contributed by atoms with E-state index in [9.17, 15) is 4.79 Å². The Kier molecular flexibility index (Phi) is 6.49. The Balaban J connectivity index is 1.47. The van der Waals surface area contributed by atoms with Crippen LogP contribution in [0.4, 0.5) is 5.69 Å². The second-order valence-corrected chi connectivity index (χ2v) is 7.51. The van der Waals surface area contributed by atoms with Crippen molar-refractivity contribution in [2.45, 2.75) is 19.8 Å². The number of methoxy groups -OCH3 is 3. The van der Waals surface area contributed by atoms with Crippen molar-refractivity contribution in [2.75, 3.05) is 26.6 Å². The molecule has 0 spiro atoms. The van der Waals surface area contributed by atoms with Gasteiger partial charge in [0, 0.05) is 17.7 Å². The Morgan fingerprint density at radius 3 is 2.18 bits per heavy atom. The summed E-state index contributed by atoms with van der Waals surface area (Å²) in [6, 6.07) is 16.9. The topological polar surface area (TPSA) is 82.8 Å². The van der Waals surface area contributed by atoms with Crippen molar-refractivity contribution < 1.29 is 23.4 Å². The second-order valence-electron chi connectivity index (χ2n) is 7.51. The number of oxazole rings is 1. The van der Waals surface area contributed by atoms with Gasteiger partial charge in [0.1, 0.15) is 5.52 Å². The average Bonchev–Trinajstić information content (AvgIpc) is 3.25. The number of fused-ring (bicyclic) bond motifs is 1. The van der Waals surface area contributed by atoms with Gasteiger partial charge in [0.15, 0.2) is 23.0 Å². The fraction of sp³-hybridized carbons (Fsp3) is 0.231. The quantitative estimate of drug-likeness (QED) is 0.398. The summed E-state index contributed by atoms with van der Waals surface area (Å²) in [6.07, 6.45) is 1.53. The molecule has 0 atom stereocenters. The number of anilines is 1. The van der Waals surface area contributed by atoms with Crippen LogP contribution in [0.2, 0.25) is 0 Å². The lowest BCUT2D eigenvalue weighted by atomic mass is 10.1. The minimum atomic E-state index is -0.285. The van der Waals surface area contributed by atoms with Gasteiger partial charge < -0.3 is 23.9 Å². The summed E-state index contributed by atoms with van der Waals surface area (Å²) >= 11 is 0. The molecule has 0 fully saturated rings. The van der Waals surface area contributed by atoms with E-state index in [4.69, 9.17) is 18.6 Å². The molecule has 3 aromatic carbocycles. The fourth-order valence-corrected chi connectivity index (χ4v) is 3.61.